The van der Waals surface area contributed by atoms with Gasteiger partial charge in [-0.2, -0.15) is 0 Å². The minimum Gasteiger partial charge on any atom is -0.462 e. The Morgan fingerprint density at radius 3 is 1.89 bits per heavy atom. The summed E-state index contributed by atoms with van der Waals surface area (Å²) in [7, 11) is 0. The highest BCUT2D eigenvalue weighted by Crippen LogP contribution is 2.35. The summed E-state index contributed by atoms with van der Waals surface area (Å²) in [6, 6.07) is 14.9. The lowest BCUT2D eigenvalue weighted by Gasteiger charge is -2.50. The van der Waals surface area contributed by atoms with Gasteiger partial charge in [0, 0.05) is 59.9 Å². The second kappa shape index (κ2) is 21.3. The van der Waals surface area contributed by atoms with Gasteiger partial charge < -0.3 is 53.6 Å². The zero-order valence-electron chi connectivity index (χ0n) is 35.0. The number of carbonyl (C=O) groups is 8. The summed E-state index contributed by atoms with van der Waals surface area (Å²) in [5.41, 5.74) is 1.02. The van der Waals surface area contributed by atoms with E-state index in [0.717, 1.165) is 13.8 Å². The average Bonchev–Trinajstić information content (AvgIpc) is 3.24. The lowest BCUT2D eigenvalue weighted by molar-refractivity contribution is -0.314. The number of ether oxygens (including phenoxy) is 8. The molecule has 0 aromatic heterocycles. The molecule has 0 aliphatic carbocycles. The van der Waals surface area contributed by atoms with Crippen molar-refractivity contribution in [3.05, 3.63) is 71.8 Å². The van der Waals surface area contributed by atoms with E-state index in [0.29, 0.717) is 11.1 Å². The van der Waals surface area contributed by atoms with E-state index < -0.39 is 143 Å². The third kappa shape index (κ3) is 14.5. The van der Waals surface area contributed by atoms with Gasteiger partial charge in [-0.15, -0.1) is 0 Å². The molecular formula is C38H46N2O17. The predicted molar refractivity (Wildman–Crippen MR) is 191 cm³/mol. The topological polar surface area (TPSA) is 255 Å². The summed E-state index contributed by atoms with van der Waals surface area (Å²) in [5.74, 6) is -11.1. The fourth-order valence-electron chi connectivity index (χ4n) is 5.74. The second-order valence-corrected chi connectivity index (χ2v) is 12.3. The van der Waals surface area contributed by atoms with Crippen LogP contribution in [0.3, 0.4) is 0 Å². The molecule has 8 atom stereocenters. The van der Waals surface area contributed by atoms with Crippen LogP contribution in [-0.4, -0.2) is 115 Å². The number of nitrogens with one attached hydrogen (secondary N) is 2. The normalized spacial score (nSPS) is 22.4. The Morgan fingerprint density at radius 2 is 1.30 bits per heavy atom. The molecule has 1 heterocycles. The summed E-state index contributed by atoms with van der Waals surface area (Å²) in [6.07, 6.45) is -13.3. The SMILES string of the molecule is [2H]CC(=O)OC[C@@H](OC(=O)C[2H])[C@@H](OC(=O)C[2H])[C@@H](OC(=O)C[2H])C(=O)NC[C@H]1O[C@@](O)(Cc2ccccc2)[C@H](NC(=O)OCc2ccccc2)[C@@H](OC(C)=O)[C@@H]1OC(C)=O. The van der Waals surface area contributed by atoms with Gasteiger partial charge in [0.25, 0.3) is 5.91 Å². The first-order chi connectivity index (χ1) is 29.0. The molecule has 1 fully saturated rings. The Balaban J connectivity index is 2.09. The molecule has 2 aromatic rings. The number of rotatable bonds is 17. The first kappa shape index (κ1) is 39.2. The van der Waals surface area contributed by atoms with Gasteiger partial charge in [0.1, 0.15) is 25.4 Å². The van der Waals surface area contributed by atoms with E-state index in [9.17, 15) is 43.5 Å². The number of hydrogen-bond donors (Lipinski definition) is 3. The molecule has 310 valence electrons. The highest BCUT2D eigenvalue weighted by molar-refractivity contribution is 5.84. The Bertz CT molecular complexity index is 1830. The van der Waals surface area contributed by atoms with Crippen LogP contribution >= 0.6 is 0 Å². The molecule has 2 amide bonds. The molecule has 0 radical (unpaired) electrons. The summed E-state index contributed by atoms with van der Waals surface area (Å²) >= 11 is 0. The number of carbonyl (C=O) groups excluding carboxylic acids is 8. The van der Waals surface area contributed by atoms with Gasteiger partial charge in [-0.05, 0) is 11.1 Å². The molecule has 19 nitrogen and oxygen atoms in total. The maximum atomic E-state index is 14.1. The fraction of sp³-hybridized carbons (Fsp3) is 0.474. The molecule has 19 heteroatoms. The number of alkyl carbamates (subject to hydrolysis) is 1. The minimum atomic E-state index is -2.56. The number of hydrogen-bond acceptors (Lipinski definition) is 17. The highest BCUT2D eigenvalue weighted by atomic mass is 16.7. The van der Waals surface area contributed by atoms with Crippen molar-refractivity contribution in [2.45, 2.75) is 103 Å². The minimum absolute atomic E-state index is 0.225. The van der Waals surface area contributed by atoms with Gasteiger partial charge in [0.2, 0.25) is 6.10 Å². The van der Waals surface area contributed by atoms with Crippen molar-refractivity contribution in [1.82, 2.24) is 10.6 Å². The van der Waals surface area contributed by atoms with Crippen LogP contribution in [0.2, 0.25) is 0 Å². The van der Waals surface area contributed by atoms with Crippen LogP contribution in [0.1, 0.15) is 58.1 Å². The van der Waals surface area contributed by atoms with Crippen molar-refractivity contribution in [2.24, 2.45) is 0 Å². The third-order valence-electron chi connectivity index (χ3n) is 7.87. The average molecular weight is 807 g/mol. The van der Waals surface area contributed by atoms with Crippen molar-refractivity contribution in [3.8, 4) is 0 Å². The molecule has 1 saturated heterocycles. The number of benzene rings is 2. The molecule has 0 unspecified atom stereocenters. The van der Waals surface area contributed by atoms with Gasteiger partial charge in [-0.25, -0.2) is 4.79 Å². The molecule has 0 saturated carbocycles. The maximum Gasteiger partial charge on any atom is 0.408 e. The quantitative estimate of drug-likeness (QED) is 0.149. The molecule has 0 bridgehead atoms. The van der Waals surface area contributed by atoms with Crippen molar-refractivity contribution in [3.63, 3.8) is 0 Å². The van der Waals surface area contributed by atoms with Gasteiger partial charge in [0.15, 0.2) is 30.2 Å². The predicted octanol–water partition coefficient (Wildman–Crippen LogP) is 0.949. The molecule has 2 aromatic carbocycles. The first-order valence-corrected chi connectivity index (χ1v) is 17.0. The zero-order valence-corrected chi connectivity index (χ0v) is 31.0. The largest absolute Gasteiger partial charge is 0.462 e. The lowest BCUT2D eigenvalue weighted by atomic mass is 9.86. The van der Waals surface area contributed by atoms with Crippen LogP contribution in [0, 0.1) is 0 Å². The van der Waals surface area contributed by atoms with E-state index in [1.54, 1.807) is 60.7 Å². The maximum absolute atomic E-state index is 14.1. The smallest absolute Gasteiger partial charge is 0.408 e. The molecule has 1 aliphatic rings. The van der Waals surface area contributed by atoms with Crippen LogP contribution in [0.25, 0.3) is 0 Å². The Hall–Kier alpha value is -6.08. The number of aliphatic hydroxyl groups is 1. The van der Waals surface area contributed by atoms with Crippen molar-refractivity contribution in [2.75, 3.05) is 13.2 Å². The van der Waals surface area contributed by atoms with Crippen LogP contribution in [0.5, 0.6) is 0 Å². The number of esters is 6. The molecule has 0 spiro atoms. The van der Waals surface area contributed by atoms with Crippen LogP contribution in [-0.2, 0) is 84.5 Å². The number of amides is 2. The van der Waals surface area contributed by atoms with Crippen molar-refractivity contribution >= 4 is 47.8 Å². The van der Waals surface area contributed by atoms with E-state index in [4.69, 9.17) is 43.4 Å². The van der Waals surface area contributed by atoms with Crippen LogP contribution < -0.4 is 10.6 Å². The van der Waals surface area contributed by atoms with Crippen LogP contribution in [0.4, 0.5) is 4.79 Å². The fourth-order valence-corrected chi connectivity index (χ4v) is 5.74. The highest BCUT2D eigenvalue weighted by Gasteiger charge is 2.58. The summed E-state index contributed by atoms with van der Waals surface area (Å²) in [4.78, 5) is 102. The van der Waals surface area contributed by atoms with Gasteiger partial charge >= 0.3 is 41.9 Å². The van der Waals surface area contributed by atoms with E-state index in [2.05, 4.69) is 10.6 Å². The van der Waals surface area contributed by atoms with Gasteiger partial charge in [-0.3, -0.25) is 33.6 Å². The Kier molecular flexibility index (Phi) is 14.6. The monoisotopic (exact) mass is 806 g/mol. The molecular weight excluding hydrogens is 756 g/mol. The molecule has 3 rings (SSSR count). The summed E-state index contributed by atoms with van der Waals surface area (Å²) in [6.45, 7) is -4.23. The summed E-state index contributed by atoms with van der Waals surface area (Å²) < 4.78 is 72.3. The van der Waals surface area contributed by atoms with Crippen molar-refractivity contribution in [1.29, 1.82) is 0 Å². The molecule has 57 heavy (non-hydrogen) atoms. The van der Waals surface area contributed by atoms with Gasteiger partial charge in [-0.1, -0.05) is 60.7 Å². The second-order valence-electron chi connectivity index (χ2n) is 12.3. The molecule has 1 aliphatic heterocycles. The van der Waals surface area contributed by atoms with E-state index in [1.165, 1.54) is 0 Å². The summed E-state index contributed by atoms with van der Waals surface area (Å²) in [5, 5.41) is 17.1. The van der Waals surface area contributed by atoms with E-state index >= 15 is 0 Å². The lowest BCUT2D eigenvalue weighted by Crippen LogP contribution is -2.73. The molecule has 3 N–H and O–H groups in total. The van der Waals surface area contributed by atoms with E-state index in [1.807, 2.05) is 0 Å². The zero-order chi connectivity index (χ0) is 45.1. The Labute approximate surface area is 333 Å². The van der Waals surface area contributed by atoms with Gasteiger partial charge in [0.05, 0.1) is 0 Å². The van der Waals surface area contributed by atoms with Crippen LogP contribution in [0.15, 0.2) is 60.7 Å². The Morgan fingerprint density at radius 1 is 0.737 bits per heavy atom. The first-order valence-electron chi connectivity index (χ1n) is 19.8. The third-order valence-corrected chi connectivity index (χ3v) is 7.87. The van der Waals surface area contributed by atoms with E-state index in [-0.39, 0.29) is 6.61 Å². The standard InChI is InChI=1S/C38H46N2O17/c1-21(41)50-20-30(52-22(2)42)32(54-24(4)44)34(56-26(6)46)36(47)39-18-29-31(53-23(3)43)33(55-25(5)45)35(38(49,57-29)17-27-13-9-7-10-14-27)40-37(48)51-19-28-15-11-8-12-16-28/h7-16,29-35,49H,17-20H2,1-6H3,(H,39,47)(H,40,48)/t29-,30-,31-,32-,33+,34-,35-,38+/m1/s1/i1D,2D,4D,6D. The van der Waals surface area contributed by atoms with Crippen molar-refractivity contribution < 1.29 is 86.8 Å².